The smallest absolute Gasteiger partial charge is 0.258 e. The normalized spacial score (nSPS) is 11.5. The van der Waals surface area contributed by atoms with Crippen LogP contribution in [0, 0.1) is 13.8 Å². The number of aromatic amines is 1. The van der Waals surface area contributed by atoms with Gasteiger partial charge in [0.05, 0.1) is 6.54 Å². The summed E-state index contributed by atoms with van der Waals surface area (Å²) in [6, 6.07) is 23.2. The minimum absolute atomic E-state index is 0.0127. The number of hydrogen-bond donors (Lipinski definition) is 1. The van der Waals surface area contributed by atoms with E-state index in [0.717, 1.165) is 33.3 Å². The van der Waals surface area contributed by atoms with Gasteiger partial charge >= 0.3 is 0 Å². The maximum Gasteiger partial charge on any atom is 0.258 e. The zero-order valence-electron chi connectivity index (χ0n) is 19.9. The number of carbonyl (C=O) groups is 1. The van der Waals surface area contributed by atoms with Gasteiger partial charge in [0.1, 0.15) is 0 Å². The first-order valence-electron chi connectivity index (χ1n) is 11.2. The van der Waals surface area contributed by atoms with Crippen LogP contribution in [0.1, 0.15) is 53.4 Å². The summed E-state index contributed by atoms with van der Waals surface area (Å²) >= 11 is 0. The van der Waals surface area contributed by atoms with Crippen molar-refractivity contribution in [3.05, 3.63) is 111 Å². The lowest BCUT2D eigenvalue weighted by Gasteiger charge is -2.26. The summed E-state index contributed by atoms with van der Waals surface area (Å²) in [7, 11) is 0. The lowest BCUT2D eigenvalue weighted by Crippen LogP contribution is -2.31. The van der Waals surface area contributed by atoms with Crippen molar-refractivity contribution in [3.8, 4) is 0 Å². The van der Waals surface area contributed by atoms with Gasteiger partial charge in [-0.1, -0.05) is 68.8 Å². The molecule has 4 nitrogen and oxygen atoms in total. The molecule has 0 bridgehead atoms. The second-order valence-corrected chi connectivity index (χ2v) is 9.71. The molecule has 0 aliphatic carbocycles. The SMILES string of the molecule is Cc1ccc(N(Cc2cc(=O)[nH]c3ccccc23)C(=O)c2ccc(C(C)(C)C)cc2)c(C)c1. The van der Waals surface area contributed by atoms with Crippen LogP contribution in [-0.4, -0.2) is 10.9 Å². The van der Waals surface area contributed by atoms with Crippen LogP contribution in [0.2, 0.25) is 0 Å². The van der Waals surface area contributed by atoms with Gasteiger partial charge < -0.3 is 9.88 Å². The third-order valence-corrected chi connectivity index (χ3v) is 6.05. The number of H-pyrrole nitrogens is 1. The Morgan fingerprint density at radius 1 is 0.909 bits per heavy atom. The van der Waals surface area contributed by atoms with E-state index in [1.807, 2.05) is 74.5 Å². The molecule has 0 saturated carbocycles. The highest BCUT2D eigenvalue weighted by molar-refractivity contribution is 6.06. The molecule has 0 fully saturated rings. The van der Waals surface area contributed by atoms with Crippen LogP contribution in [-0.2, 0) is 12.0 Å². The molecule has 0 spiro atoms. The van der Waals surface area contributed by atoms with Gasteiger partial charge in [0.2, 0.25) is 5.56 Å². The van der Waals surface area contributed by atoms with Crippen molar-refractivity contribution in [2.24, 2.45) is 0 Å². The van der Waals surface area contributed by atoms with E-state index in [4.69, 9.17) is 0 Å². The van der Waals surface area contributed by atoms with Gasteiger partial charge in [-0.25, -0.2) is 0 Å². The van der Waals surface area contributed by atoms with Gasteiger partial charge in [0.15, 0.2) is 0 Å². The Balaban J connectivity index is 1.81. The molecule has 0 unspecified atom stereocenters. The average molecular weight is 439 g/mol. The molecule has 0 saturated heterocycles. The molecule has 0 aliphatic rings. The fourth-order valence-corrected chi connectivity index (χ4v) is 4.22. The third kappa shape index (κ3) is 4.75. The maximum atomic E-state index is 13.8. The Labute approximate surface area is 194 Å². The summed E-state index contributed by atoms with van der Waals surface area (Å²) in [5.74, 6) is -0.0909. The zero-order chi connectivity index (χ0) is 23.8. The second-order valence-electron chi connectivity index (χ2n) is 9.71. The van der Waals surface area contributed by atoms with Crippen LogP contribution in [0.25, 0.3) is 10.9 Å². The molecule has 0 radical (unpaired) electrons. The van der Waals surface area contributed by atoms with Crippen molar-refractivity contribution in [1.82, 2.24) is 4.98 Å². The first-order chi connectivity index (χ1) is 15.6. The Kier molecular flexibility index (Phi) is 5.94. The van der Waals surface area contributed by atoms with Crippen LogP contribution in [0.3, 0.4) is 0 Å². The standard InChI is InChI=1S/C29H30N2O2/c1-19-10-15-26(20(2)16-19)31(28(33)21-11-13-23(14-12-21)29(3,4)5)18-22-17-27(32)30-25-9-7-6-8-24(22)25/h6-17H,18H2,1-5H3,(H,30,32). The number of para-hydroxylation sites is 1. The number of aromatic nitrogens is 1. The number of carbonyl (C=O) groups excluding carboxylic acids is 1. The average Bonchev–Trinajstić information content (AvgIpc) is 2.77. The Hall–Kier alpha value is -3.66. The third-order valence-electron chi connectivity index (χ3n) is 6.05. The van der Waals surface area contributed by atoms with E-state index in [-0.39, 0.29) is 16.9 Å². The quantitative estimate of drug-likeness (QED) is 0.407. The monoisotopic (exact) mass is 438 g/mol. The lowest BCUT2D eigenvalue weighted by molar-refractivity contribution is 0.0985. The van der Waals surface area contributed by atoms with Crippen molar-refractivity contribution < 1.29 is 4.79 Å². The van der Waals surface area contributed by atoms with E-state index >= 15 is 0 Å². The number of fused-ring (bicyclic) bond motifs is 1. The minimum Gasteiger partial charge on any atom is -0.322 e. The fourth-order valence-electron chi connectivity index (χ4n) is 4.22. The molecule has 4 rings (SSSR count). The Morgan fingerprint density at radius 3 is 2.27 bits per heavy atom. The molecule has 33 heavy (non-hydrogen) atoms. The molecule has 4 aromatic rings. The number of nitrogens with one attached hydrogen (secondary N) is 1. The van der Waals surface area contributed by atoms with E-state index in [1.165, 1.54) is 5.56 Å². The highest BCUT2D eigenvalue weighted by Crippen LogP contribution is 2.28. The van der Waals surface area contributed by atoms with Crippen molar-refractivity contribution in [2.45, 2.75) is 46.6 Å². The summed E-state index contributed by atoms with van der Waals surface area (Å²) in [5.41, 5.74) is 6.22. The zero-order valence-corrected chi connectivity index (χ0v) is 19.9. The highest BCUT2D eigenvalue weighted by Gasteiger charge is 2.22. The Bertz CT molecular complexity index is 1380. The van der Waals surface area contributed by atoms with E-state index in [0.29, 0.717) is 12.1 Å². The van der Waals surface area contributed by atoms with Gasteiger partial charge in [-0.15, -0.1) is 0 Å². The van der Waals surface area contributed by atoms with Gasteiger partial charge in [0, 0.05) is 28.2 Å². The van der Waals surface area contributed by atoms with Crippen LogP contribution in [0.5, 0.6) is 0 Å². The topological polar surface area (TPSA) is 53.2 Å². The first kappa shape index (κ1) is 22.5. The van der Waals surface area contributed by atoms with E-state index in [9.17, 15) is 9.59 Å². The molecule has 168 valence electrons. The number of hydrogen-bond acceptors (Lipinski definition) is 2. The molecule has 1 aromatic heterocycles. The molecular weight excluding hydrogens is 408 g/mol. The van der Waals surface area contributed by atoms with E-state index < -0.39 is 0 Å². The highest BCUT2D eigenvalue weighted by atomic mass is 16.2. The van der Waals surface area contributed by atoms with Crippen molar-refractivity contribution in [2.75, 3.05) is 4.90 Å². The molecular formula is C29H30N2O2. The number of benzene rings is 3. The van der Waals surface area contributed by atoms with Crippen LogP contribution in [0.15, 0.2) is 77.6 Å². The summed E-state index contributed by atoms with van der Waals surface area (Å²) in [4.78, 5) is 30.8. The molecule has 3 aromatic carbocycles. The minimum atomic E-state index is -0.175. The van der Waals surface area contributed by atoms with Gasteiger partial charge in [-0.3, -0.25) is 9.59 Å². The van der Waals surface area contributed by atoms with Crippen LogP contribution >= 0.6 is 0 Å². The van der Waals surface area contributed by atoms with Crippen molar-refractivity contribution >= 4 is 22.5 Å². The molecule has 1 amide bonds. The second kappa shape index (κ2) is 8.70. The summed E-state index contributed by atoms with van der Waals surface area (Å²) in [5, 5.41) is 0.933. The predicted octanol–water partition coefficient (Wildman–Crippen LogP) is 6.29. The predicted molar refractivity (Wildman–Crippen MR) is 136 cm³/mol. The molecule has 4 heteroatoms. The van der Waals surface area contributed by atoms with Gasteiger partial charge in [-0.2, -0.15) is 0 Å². The van der Waals surface area contributed by atoms with Gasteiger partial charge in [0.25, 0.3) is 5.91 Å². The van der Waals surface area contributed by atoms with Crippen LogP contribution in [0.4, 0.5) is 5.69 Å². The number of amides is 1. The summed E-state index contributed by atoms with van der Waals surface area (Å²) < 4.78 is 0. The number of aryl methyl sites for hydroxylation is 2. The number of anilines is 1. The molecule has 1 N–H and O–H groups in total. The van der Waals surface area contributed by atoms with Crippen LogP contribution < -0.4 is 10.5 Å². The summed E-state index contributed by atoms with van der Waals surface area (Å²) in [6.07, 6.45) is 0. The molecule has 1 heterocycles. The van der Waals surface area contributed by atoms with E-state index in [1.54, 1.807) is 11.0 Å². The molecule has 0 atom stereocenters. The number of rotatable bonds is 4. The number of nitrogens with zero attached hydrogens (tertiary/aromatic N) is 1. The lowest BCUT2D eigenvalue weighted by atomic mass is 9.86. The summed E-state index contributed by atoms with van der Waals surface area (Å²) in [6.45, 7) is 10.8. The largest absolute Gasteiger partial charge is 0.322 e. The first-order valence-corrected chi connectivity index (χ1v) is 11.2. The van der Waals surface area contributed by atoms with E-state index in [2.05, 4.69) is 31.8 Å². The number of pyridine rings is 1. The fraction of sp³-hybridized carbons (Fsp3) is 0.241. The van der Waals surface area contributed by atoms with Crippen molar-refractivity contribution in [3.63, 3.8) is 0 Å². The van der Waals surface area contributed by atoms with Crippen molar-refractivity contribution in [1.29, 1.82) is 0 Å². The Morgan fingerprint density at radius 2 is 1.61 bits per heavy atom. The molecule has 0 aliphatic heterocycles. The van der Waals surface area contributed by atoms with Gasteiger partial charge in [-0.05, 0) is 60.2 Å². The maximum absolute atomic E-state index is 13.8.